The Morgan fingerprint density at radius 2 is 2.50 bits per heavy atom. The largest absolute Gasteiger partial charge is 0.396 e. The highest BCUT2D eigenvalue weighted by molar-refractivity contribution is 5.19. The Morgan fingerprint density at radius 3 is 3.07 bits per heavy atom. The van der Waals surface area contributed by atoms with E-state index in [2.05, 4.69) is 16.4 Å². The van der Waals surface area contributed by atoms with E-state index in [-0.39, 0.29) is 12.6 Å². The van der Waals surface area contributed by atoms with Crippen LogP contribution in [0.5, 0.6) is 0 Å². The summed E-state index contributed by atoms with van der Waals surface area (Å²) >= 11 is 0. The molecular formula is C10H13N3O. The van der Waals surface area contributed by atoms with Crippen LogP contribution >= 0.6 is 0 Å². The summed E-state index contributed by atoms with van der Waals surface area (Å²) in [5, 5.41) is 20.5. The van der Waals surface area contributed by atoms with Gasteiger partial charge in [-0.25, -0.2) is 0 Å². The average Bonchev–Trinajstić information content (AvgIpc) is 2.26. The third-order valence-corrected chi connectivity index (χ3v) is 1.83. The molecule has 0 bridgehead atoms. The minimum atomic E-state index is -0.338. The van der Waals surface area contributed by atoms with Gasteiger partial charge in [-0.2, -0.15) is 5.26 Å². The van der Waals surface area contributed by atoms with Crippen molar-refractivity contribution in [3.63, 3.8) is 0 Å². The molecule has 4 nitrogen and oxygen atoms in total. The van der Waals surface area contributed by atoms with Crippen molar-refractivity contribution in [1.29, 1.82) is 5.26 Å². The second kappa shape index (κ2) is 6.08. The van der Waals surface area contributed by atoms with E-state index in [1.54, 1.807) is 18.5 Å². The maximum atomic E-state index is 8.88. The smallest absolute Gasteiger partial charge is 0.122 e. The molecule has 4 heteroatoms. The van der Waals surface area contributed by atoms with Crippen molar-refractivity contribution in [2.75, 3.05) is 13.2 Å². The van der Waals surface area contributed by atoms with Gasteiger partial charge in [0.05, 0.1) is 6.07 Å². The third kappa shape index (κ3) is 3.13. The molecule has 0 radical (unpaired) electrons. The molecule has 1 unspecified atom stereocenters. The Labute approximate surface area is 83.2 Å². The van der Waals surface area contributed by atoms with Gasteiger partial charge < -0.3 is 5.11 Å². The summed E-state index contributed by atoms with van der Waals surface area (Å²) in [6, 6.07) is 5.46. The molecule has 2 N–H and O–H groups in total. The fourth-order valence-corrected chi connectivity index (χ4v) is 1.11. The van der Waals surface area contributed by atoms with Crippen molar-refractivity contribution in [3.8, 4) is 6.07 Å². The van der Waals surface area contributed by atoms with E-state index in [4.69, 9.17) is 10.4 Å². The number of nitriles is 1. The lowest BCUT2D eigenvalue weighted by molar-refractivity contribution is 0.285. The minimum Gasteiger partial charge on any atom is -0.396 e. The van der Waals surface area contributed by atoms with Crippen LogP contribution in [0.25, 0.3) is 0 Å². The standard InChI is InChI=1S/C10H13N3O/c11-7-10(13-5-2-6-14)9-3-1-4-12-8-9/h1,3-4,8,10,13-14H,2,5-6H2. The Balaban J connectivity index is 2.52. The first kappa shape index (κ1) is 10.6. The van der Waals surface area contributed by atoms with Crippen molar-refractivity contribution < 1.29 is 5.11 Å². The predicted octanol–water partition coefficient (Wildman–Crippen LogP) is 0.618. The van der Waals surface area contributed by atoms with Crippen LogP contribution in [0.3, 0.4) is 0 Å². The summed E-state index contributed by atoms with van der Waals surface area (Å²) < 4.78 is 0. The summed E-state index contributed by atoms with van der Waals surface area (Å²) in [5.74, 6) is 0. The molecule has 0 fully saturated rings. The van der Waals surface area contributed by atoms with E-state index in [1.807, 2.05) is 6.07 Å². The number of hydrogen-bond acceptors (Lipinski definition) is 4. The molecule has 0 aliphatic carbocycles. The summed E-state index contributed by atoms with van der Waals surface area (Å²) in [4.78, 5) is 3.94. The quantitative estimate of drug-likeness (QED) is 0.669. The van der Waals surface area contributed by atoms with Crippen LogP contribution < -0.4 is 5.32 Å². The molecule has 1 heterocycles. The summed E-state index contributed by atoms with van der Waals surface area (Å²) in [5.41, 5.74) is 0.855. The third-order valence-electron chi connectivity index (χ3n) is 1.83. The van der Waals surface area contributed by atoms with Gasteiger partial charge in [0.2, 0.25) is 0 Å². The zero-order valence-electron chi connectivity index (χ0n) is 7.85. The van der Waals surface area contributed by atoms with Crippen molar-refractivity contribution in [3.05, 3.63) is 30.1 Å². The highest BCUT2D eigenvalue weighted by atomic mass is 16.3. The molecule has 0 aliphatic heterocycles. The maximum Gasteiger partial charge on any atom is 0.122 e. The first-order valence-electron chi connectivity index (χ1n) is 4.52. The Bertz CT molecular complexity index is 294. The number of rotatable bonds is 5. The Kier molecular flexibility index (Phi) is 4.62. The van der Waals surface area contributed by atoms with Crippen LogP contribution in [0.2, 0.25) is 0 Å². The van der Waals surface area contributed by atoms with E-state index in [0.717, 1.165) is 5.56 Å². The van der Waals surface area contributed by atoms with Gasteiger partial charge in [-0.3, -0.25) is 10.3 Å². The van der Waals surface area contributed by atoms with Crippen LogP contribution in [-0.2, 0) is 0 Å². The second-order valence-electron chi connectivity index (χ2n) is 2.88. The van der Waals surface area contributed by atoms with E-state index >= 15 is 0 Å². The number of nitrogens with zero attached hydrogens (tertiary/aromatic N) is 2. The molecule has 1 aromatic heterocycles. The fraction of sp³-hybridized carbons (Fsp3) is 0.400. The van der Waals surface area contributed by atoms with Crippen LogP contribution in [0.1, 0.15) is 18.0 Å². The number of aromatic nitrogens is 1. The van der Waals surface area contributed by atoms with Gasteiger partial charge in [0, 0.05) is 24.6 Å². The zero-order chi connectivity index (χ0) is 10.2. The summed E-state index contributed by atoms with van der Waals surface area (Å²) in [6.45, 7) is 0.766. The number of hydrogen-bond donors (Lipinski definition) is 2. The van der Waals surface area contributed by atoms with E-state index in [1.165, 1.54) is 0 Å². The van der Waals surface area contributed by atoms with E-state index < -0.39 is 0 Å². The van der Waals surface area contributed by atoms with Gasteiger partial charge in [0.25, 0.3) is 0 Å². The molecule has 14 heavy (non-hydrogen) atoms. The lowest BCUT2D eigenvalue weighted by Gasteiger charge is -2.10. The van der Waals surface area contributed by atoms with E-state index in [9.17, 15) is 0 Å². The first-order valence-corrected chi connectivity index (χ1v) is 4.52. The molecular weight excluding hydrogens is 178 g/mol. The minimum absolute atomic E-state index is 0.137. The van der Waals surface area contributed by atoms with Crippen molar-refractivity contribution >= 4 is 0 Å². The van der Waals surface area contributed by atoms with Crippen LogP contribution in [0, 0.1) is 11.3 Å². The predicted molar refractivity (Wildman–Crippen MR) is 52.3 cm³/mol. The highest BCUT2D eigenvalue weighted by Crippen LogP contribution is 2.09. The topological polar surface area (TPSA) is 68.9 Å². The van der Waals surface area contributed by atoms with E-state index in [0.29, 0.717) is 13.0 Å². The van der Waals surface area contributed by atoms with Gasteiger partial charge in [-0.1, -0.05) is 6.07 Å². The molecule has 0 aromatic carbocycles. The second-order valence-corrected chi connectivity index (χ2v) is 2.88. The average molecular weight is 191 g/mol. The number of pyridine rings is 1. The highest BCUT2D eigenvalue weighted by Gasteiger charge is 2.08. The summed E-state index contributed by atoms with van der Waals surface area (Å²) in [7, 11) is 0. The normalized spacial score (nSPS) is 12.0. The number of aliphatic hydroxyl groups is 1. The van der Waals surface area contributed by atoms with Crippen LogP contribution in [-0.4, -0.2) is 23.2 Å². The van der Waals surface area contributed by atoms with Crippen molar-refractivity contribution in [1.82, 2.24) is 10.3 Å². The Hall–Kier alpha value is -1.44. The summed E-state index contributed by atoms with van der Waals surface area (Å²) in [6.07, 6.45) is 3.99. The first-order chi connectivity index (χ1) is 6.88. The van der Waals surface area contributed by atoms with Gasteiger partial charge in [0.15, 0.2) is 0 Å². The molecule has 0 aliphatic rings. The lowest BCUT2D eigenvalue weighted by atomic mass is 10.1. The van der Waals surface area contributed by atoms with Gasteiger partial charge in [0.1, 0.15) is 6.04 Å². The van der Waals surface area contributed by atoms with Crippen LogP contribution in [0.4, 0.5) is 0 Å². The number of aliphatic hydroxyl groups excluding tert-OH is 1. The van der Waals surface area contributed by atoms with Crippen molar-refractivity contribution in [2.24, 2.45) is 0 Å². The molecule has 0 saturated carbocycles. The zero-order valence-corrected chi connectivity index (χ0v) is 7.85. The molecule has 0 amide bonds. The van der Waals surface area contributed by atoms with Crippen molar-refractivity contribution in [2.45, 2.75) is 12.5 Å². The van der Waals surface area contributed by atoms with Crippen LogP contribution in [0.15, 0.2) is 24.5 Å². The molecule has 1 aromatic rings. The van der Waals surface area contributed by atoms with Gasteiger partial charge in [-0.15, -0.1) is 0 Å². The fourth-order valence-electron chi connectivity index (χ4n) is 1.11. The number of nitrogens with one attached hydrogen (secondary N) is 1. The molecule has 74 valence electrons. The molecule has 1 rings (SSSR count). The molecule has 0 saturated heterocycles. The monoisotopic (exact) mass is 191 g/mol. The van der Waals surface area contributed by atoms with Gasteiger partial charge >= 0.3 is 0 Å². The maximum absolute atomic E-state index is 8.88. The Morgan fingerprint density at radius 1 is 1.64 bits per heavy atom. The lowest BCUT2D eigenvalue weighted by Crippen LogP contribution is -2.21. The molecule has 1 atom stereocenters. The SMILES string of the molecule is N#CC(NCCCO)c1cccnc1. The van der Waals surface area contributed by atoms with Gasteiger partial charge in [-0.05, 0) is 19.0 Å². The molecule has 0 spiro atoms.